The monoisotopic (exact) mass is 467 g/mol. The van der Waals surface area contributed by atoms with Gasteiger partial charge in [-0.15, -0.1) is 11.8 Å². The summed E-state index contributed by atoms with van der Waals surface area (Å²) < 4.78 is 50.9. The molecule has 2 aliphatic rings. The smallest absolute Gasteiger partial charge is 0.261 e. The van der Waals surface area contributed by atoms with E-state index in [1.165, 1.54) is 36.4 Å². The third-order valence-electron chi connectivity index (χ3n) is 4.93. The van der Waals surface area contributed by atoms with Crippen molar-refractivity contribution in [1.82, 2.24) is 0 Å². The molecule has 2 aromatic carbocycles. The number of fused-ring (bicyclic) bond motifs is 1. The summed E-state index contributed by atoms with van der Waals surface area (Å²) in [6.07, 6.45) is 1.75. The molecule has 0 radical (unpaired) electrons. The molecule has 160 valence electrons. The van der Waals surface area contributed by atoms with Gasteiger partial charge in [0.05, 0.1) is 15.5 Å². The maximum absolute atomic E-state index is 12.9. The minimum absolute atomic E-state index is 0.0283. The topological polar surface area (TPSA) is 127 Å². The lowest BCUT2D eigenvalue weighted by Gasteiger charge is -2.33. The van der Waals surface area contributed by atoms with E-state index < -0.39 is 20.0 Å². The van der Waals surface area contributed by atoms with Crippen LogP contribution in [0, 0.1) is 5.92 Å². The highest BCUT2D eigenvalue weighted by Gasteiger charge is 2.37. The highest BCUT2D eigenvalue weighted by molar-refractivity contribution is 8.00. The fourth-order valence-corrected chi connectivity index (χ4v) is 5.96. The molecule has 4 rings (SSSR count). The van der Waals surface area contributed by atoms with E-state index >= 15 is 0 Å². The number of nitrogens with zero attached hydrogens (tertiary/aromatic N) is 1. The molecular formula is C19H21N3O5S3. The number of carbonyl (C=O) groups excluding carboxylic acids is 1. The Morgan fingerprint density at radius 1 is 1.07 bits per heavy atom. The van der Waals surface area contributed by atoms with Gasteiger partial charge in [-0.1, -0.05) is 6.92 Å². The predicted octanol–water partition coefficient (Wildman–Crippen LogP) is 2.37. The first-order chi connectivity index (χ1) is 14.0. The molecule has 1 saturated carbocycles. The largest absolute Gasteiger partial charge is 0.310 e. The zero-order valence-corrected chi connectivity index (χ0v) is 18.6. The van der Waals surface area contributed by atoms with Crippen LogP contribution in [0.4, 0.5) is 11.4 Å². The third kappa shape index (κ3) is 4.34. The molecular weight excluding hydrogens is 446 g/mol. The number of hydrogen-bond donors (Lipinski definition) is 2. The molecule has 0 aromatic heterocycles. The number of benzene rings is 2. The zero-order chi connectivity index (χ0) is 21.7. The first-order valence-electron chi connectivity index (χ1n) is 9.32. The Kier molecular flexibility index (Phi) is 5.33. The molecule has 3 N–H and O–H groups in total. The minimum Gasteiger partial charge on any atom is -0.310 e. The van der Waals surface area contributed by atoms with Crippen LogP contribution in [-0.4, -0.2) is 34.5 Å². The Morgan fingerprint density at radius 3 is 2.30 bits per heavy atom. The van der Waals surface area contributed by atoms with Crippen LogP contribution in [-0.2, 0) is 24.8 Å². The maximum atomic E-state index is 12.9. The van der Waals surface area contributed by atoms with Crippen molar-refractivity contribution in [2.75, 3.05) is 16.2 Å². The normalized spacial score (nSPS) is 19.3. The Labute approximate surface area is 179 Å². The summed E-state index contributed by atoms with van der Waals surface area (Å²) >= 11 is 1.61. The number of primary sulfonamides is 1. The summed E-state index contributed by atoms with van der Waals surface area (Å²) in [4.78, 5) is 15.2. The average molecular weight is 468 g/mol. The van der Waals surface area contributed by atoms with E-state index in [1.807, 2.05) is 6.92 Å². The van der Waals surface area contributed by atoms with E-state index in [-0.39, 0.29) is 32.6 Å². The highest BCUT2D eigenvalue weighted by atomic mass is 32.2. The summed E-state index contributed by atoms with van der Waals surface area (Å²) in [6, 6.07) is 9.87. The van der Waals surface area contributed by atoms with Crippen LogP contribution in [0.2, 0.25) is 0 Å². The van der Waals surface area contributed by atoms with Gasteiger partial charge in [0.25, 0.3) is 10.0 Å². The zero-order valence-electron chi connectivity index (χ0n) is 16.1. The quantitative estimate of drug-likeness (QED) is 0.695. The fourth-order valence-electron chi connectivity index (χ4n) is 3.27. The van der Waals surface area contributed by atoms with Crippen LogP contribution < -0.4 is 14.8 Å². The summed E-state index contributed by atoms with van der Waals surface area (Å²) in [5.41, 5.74) is 0.816. The molecule has 2 aromatic rings. The Hall–Kier alpha value is -2.08. The number of amides is 1. The third-order valence-corrected chi connectivity index (χ3v) is 8.39. The Balaban J connectivity index is 1.63. The van der Waals surface area contributed by atoms with Crippen LogP contribution in [0.1, 0.15) is 19.8 Å². The van der Waals surface area contributed by atoms with Crippen molar-refractivity contribution in [2.24, 2.45) is 11.1 Å². The number of hydrogen-bond acceptors (Lipinski definition) is 6. The second kappa shape index (κ2) is 7.56. The lowest BCUT2D eigenvalue weighted by molar-refractivity contribution is -0.119. The molecule has 0 bridgehead atoms. The van der Waals surface area contributed by atoms with Gasteiger partial charge in [-0.25, -0.2) is 22.0 Å². The number of sulfonamides is 2. The SMILES string of the molecule is CC1CN(C(=O)C2CC2)c2cc(S(=O)(=O)Nc3ccc(S(N)(=O)=O)cc3)ccc2S1. The number of carbonyl (C=O) groups is 1. The second-order valence-corrected chi connectivity index (χ2v) is 12.2. The van der Waals surface area contributed by atoms with E-state index in [1.54, 1.807) is 22.7 Å². The predicted molar refractivity (Wildman–Crippen MR) is 115 cm³/mol. The van der Waals surface area contributed by atoms with E-state index in [9.17, 15) is 21.6 Å². The summed E-state index contributed by atoms with van der Waals surface area (Å²) in [7, 11) is -7.80. The van der Waals surface area contributed by atoms with Crippen molar-refractivity contribution in [1.29, 1.82) is 0 Å². The molecule has 1 heterocycles. The molecule has 8 nitrogen and oxygen atoms in total. The molecule has 11 heteroatoms. The van der Waals surface area contributed by atoms with E-state index in [2.05, 4.69) is 4.72 Å². The van der Waals surface area contributed by atoms with Crippen LogP contribution >= 0.6 is 11.8 Å². The molecule has 1 unspecified atom stereocenters. The van der Waals surface area contributed by atoms with Gasteiger partial charge in [-0.05, 0) is 55.3 Å². The number of nitrogens with one attached hydrogen (secondary N) is 1. The molecule has 1 aliphatic heterocycles. The number of nitrogens with two attached hydrogens (primary N) is 1. The van der Waals surface area contributed by atoms with Crippen molar-refractivity contribution in [2.45, 2.75) is 39.7 Å². The number of thioether (sulfide) groups is 1. The summed E-state index contributed by atoms with van der Waals surface area (Å²) in [5.74, 6) is 0.0772. The van der Waals surface area contributed by atoms with E-state index in [0.717, 1.165) is 17.7 Å². The van der Waals surface area contributed by atoms with Crippen LogP contribution in [0.5, 0.6) is 0 Å². The molecule has 0 saturated heterocycles. The van der Waals surface area contributed by atoms with Crippen LogP contribution in [0.3, 0.4) is 0 Å². The van der Waals surface area contributed by atoms with Gasteiger partial charge in [-0.3, -0.25) is 9.52 Å². The molecule has 1 atom stereocenters. The van der Waals surface area contributed by atoms with Crippen molar-refractivity contribution in [3.05, 3.63) is 42.5 Å². The summed E-state index contributed by atoms with van der Waals surface area (Å²) in [6.45, 7) is 2.58. The van der Waals surface area contributed by atoms with Crippen LogP contribution in [0.15, 0.2) is 57.2 Å². The molecule has 1 aliphatic carbocycles. The van der Waals surface area contributed by atoms with E-state index in [4.69, 9.17) is 5.14 Å². The van der Waals surface area contributed by atoms with Gasteiger partial charge in [0, 0.05) is 28.3 Å². The minimum atomic E-state index is -3.94. The number of anilines is 2. The van der Waals surface area contributed by atoms with Gasteiger partial charge in [0.2, 0.25) is 15.9 Å². The fraction of sp³-hybridized carbons (Fsp3) is 0.316. The van der Waals surface area contributed by atoms with Gasteiger partial charge in [-0.2, -0.15) is 0 Å². The van der Waals surface area contributed by atoms with E-state index in [0.29, 0.717) is 12.2 Å². The van der Waals surface area contributed by atoms with Gasteiger partial charge >= 0.3 is 0 Å². The molecule has 1 amide bonds. The van der Waals surface area contributed by atoms with Crippen molar-refractivity contribution < 1.29 is 21.6 Å². The van der Waals surface area contributed by atoms with Crippen molar-refractivity contribution >= 4 is 49.1 Å². The lowest BCUT2D eigenvalue weighted by atomic mass is 10.2. The Morgan fingerprint density at radius 2 is 1.70 bits per heavy atom. The first-order valence-corrected chi connectivity index (χ1v) is 13.2. The Bertz CT molecular complexity index is 1210. The second-order valence-electron chi connectivity index (χ2n) is 7.46. The highest BCUT2D eigenvalue weighted by Crippen LogP contribution is 2.42. The van der Waals surface area contributed by atoms with Gasteiger partial charge in [0.1, 0.15) is 0 Å². The van der Waals surface area contributed by atoms with Crippen molar-refractivity contribution in [3.63, 3.8) is 0 Å². The first kappa shape index (κ1) is 21.2. The molecule has 30 heavy (non-hydrogen) atoms. The molecule has 0 spiro atoms. The number of rotatable bonds is 5. The average Bonchev–Trinajstić information content (AvgIpc) is 3.51. The standard InChI is InChI=1S/C19H21N3O5S3/c1-12-11-22(19(23)13-2-3-13)17-10-16(8-9-18(17)28-12)30(26,27)21-14-4-6-15(7-5-14)29(20,24)25/h4-10,12-13,21H,2-3,11H2,1H3,(H2,20,24,25). The molecule has 1 fully saturated rings. The van der Waals surface area contributed by atoms with Crippen molar-refractivity contribution in [3.8, 4) is 0 Å². The lowest BCUT2D eigenvalue weighted by Crippen LogP contribution is -2.39. The summed E-state index contributed by atoms with van der Waals surface area (Å²) in [5, 5.41) is 5.28. The van der Waals surface area contributed by atoms with Gasteiger partial charge < -0.3 is 4.90 Å². The maximum Gasteiger partial charge on any atom is 0.261 e. The van der Waals surface area contributed by atoms with Gasteiger partial charge in [0.15, 0.2) is 0 Å². The van der Waals surface area contributed by atoms with Crippen LogP contribution in [0.25, 0.3) is 0 Å².